The van der Waals surface area contributed by atoms with Gasteiger partial charge in [0.05, 0.1) is 12.8 Å². The van der Waals surface area contributed by atoms with Gasteiger partial charge >= 0.3 is 6.61 Å². The number of hydrogen-bond acceptors (Lipinski definition) is 6. The number of thioether (sulfide) groups is 1. The summed E-state index contributed by atoms with van der Waals surface area (Å²) < 4.78 is 36.2. The molecule has 0 N–H and O–H groups in total. The van der Waals surface area contributed by atoms with Crippen LogP contribution in [0.1, 0.15) is 16.7 Å². The first-order chi connectivity index (χ1) is 13.0. The molecule has 0 aliphatic carbocycles. The molecule has 0 amide bonds. The molecule has 0 atom stereocenters. The lowest BCUT2D eigenvalue weighted by Gasteiger charge is -2.12. The summed E-state index contributed by atoms with van der Waals surface area (Å²) >= 11 is 1.44. The van der Waals surface area contributed by atoms with Crippen molar-refractivity contribution in [1.82, 2.24) is 20.2 Å². The number of rotatable bonds is 7. The summed E-state index contributed by atoms with van der Waals surface area (Å²) in [6.07, 6.45) is 0. The van der Waals surface area contributed by atoms with Crippen molar-refractivity contribution in [1.29, 1.82) is 0 Å². The Labute approximate surface area is 159 Å². The predicted molar refractivity (Wildman–Crippen MR) is 97.8 cm³/mol. The molecule has 0 aliphatic heterocycles. The van der Waals surface area contributed by atoms with Crippen molar-refractivity contribution in [3.63, 3.8) is 0 Å². The standard InChI is InChI=1S/C18H18F2N4O2S/c1-11-5-4-6-12(2)16(11)24-18(21-22-23-24)27-10-13-7-8-14(26-17(19)20)15(9-13)25-3/h4-9,17H,10H2,1-3H3. The summed E-state index contributed by atoms with van der Waals surface area (Å²) in [6, 6.07) is 10.8. The molecule has 0 radical (unpaired) electrons. The van der Waals surface area contributed by atoms with Crippen LogP contribution < -0.4 is 9.47 Å². The number of methoxy groups -OCH3 is 1. The molecule has 1 aromatic heterocycles. The average Bonchev–Trinajstić information content (AvgIpc) is 3.08. The number of aromatic nitrogens is 4. The van der Waals surface area contributed by atoms with E-state index < -0.39 is 6.61 Å². The Morgan fingerprint density at radius 3 is 2.52 bits per heavy atom. The molecule has 0 saturated heterocycles. The third kappa shape index (κ3) is 4.36. The van der Waals surface area contributed by atoms with E-state index in [1.54, 1.807) is 16.8 Å². The minimum absolute atomic E-state index is 0.00150. The molecular formula is C18H18F2N4O2S. The van der Waals surface area contributed by atoms with Crippen LogP contribution >= 0.6 is 11.8 Å². The Bertz CT molecular complexity index is 913. The second kappa shape index (κ2) is 8.34. The lowest BCUT2D eigenvalue weighted by molar-refractivity contribution is -0.0512. The van der Waals surface area contributed by atoms with Crippen molar-refractivity contribution in [2.75, 3.05) is 7.11 Å². The fourth-order valence-corrected chi connectivity index (χ4v) is 3.51. The molecule has 0 saturated carbocycles. The minimum atomic E-state index is -2.90. The first kappa shape index (κ1) is 19.1. The highest BCUT2D eigenvalue weighted by atomic mass is 32.2. The number of para-hydroxylation sites is 1. The zero-order valence-corrected chi connectivity index (χ0v) is 15.8. The van der Waals surface area contributed by atoms with E-state index in [1.807, 2.05) is 32.0 Å². The number of nitrogens with zero attached hydrogens (tertiary/aromatic N) is 4. The molecule has 0 fully saturated rings. The van der Waals surface area contributed by atoms with E-state index in [-0.39, 0.29) is 11.5 Å². The molecule has 142 valence electrons. The zero-order valence-electron chi connectivity index (χ0n) is 15.0. The van der Waals surface area contributed by atoms with Crippen LogP contribution in [0.4, 0.5) is 8.78 Å². The van der Waals surface area contributed by atoms with E-state index >= 15 is 0 Å². The van der Waals surface area contributed by atoms with E-state index in [0.717, 1.165) is 22.4 Å². The Hall–Kier alpha value is -2.68. The number of tetrazole rings is 1. The lowest BCUT2D eigenvalue weighted by Crippen LogP contribution is -2.04. The van der Waals surface area contributed by atoms with Gasteiger partial charge in [-0.05, 0) is 53.1 Å². The summed E-state index contributed by atoms with van der Waals surface area (Å²) in [5.41, 5.74) is 3.96. The van der Waals surface area contributed by atoms with E-state index in [1.165, 1.54) is 24.9 Å². The molecule has 3 aromatic rings. The summed E-state index contributed by atoms with van der Waals surface area (Å²) in [5, 5.41) is 12.6. The number of alkyl halides is 2. The van der Waals surface area contributed by atoms with Crippen LogP contribution in [0.25, 0.3) is 5.69 Å². The normalized spacial score (nSPS) is 11.0. The van der Waals surface area contributed by atoms with Gasteiger partial charge in [-0.25, -0.2) is 0 Å². The zero-order chi connectivity index (χ0) is 19.4. The van der Waals surface area contributed by atoms with Crippen molar-refractivity contribution in [3.05, 3.63) is 53.1 Å². The molecular weight excluding hydrogens is 374 g/mol. The van der Waals surface area contributed by atoms with Gasteiger partial charge in [-0.1, -0.05) is 36.0 Å². The maximum atomic E-state index is 12.4. The van der Waals surface area contributed by atoms with Gasteiger partial charge in [0.1, 0.15) is 0 Å². The Morgan fingerprint density at radius 2 is 1.85 bits per heavy atom. The van der Waals surface area contributed by atoms with Crippen molar-refractivity contribution in [2.45, 2.75) is 31.4 Å². The molecule has 6 nitrogen and oxygen atoms in total. The van der Waals surface area contributed by atoms with E-state index in [2.05, 4.69) is 20.3 Å². The topological polar surface area (TPSA) is 62.1 Å². The second-order valence-corrected chi connectivity index (χ2v) is 6.71. The van der Waals surface area contributed by atoms with Gasteiger partial charge < -0.3 is 9.47 Å². The maximum Gasteiger partial charge on any atom is 0.387 e. The smallest absolute Gasteiger partial charge is 0.387 e. The van der Waals surface area contributed by atoms with E-state index in [9.17, 15) is 8.78 Å². The summed E-state index contributed by atoms with van der Waals surface area (Å²) in [7, 11) is 1.41. The van der Waals surface area contributed by atoms with Gasteiger partial charge in [0, 0.05) is 5.75 Å². The lowest BCUT2D eigenvalue weighted by atomic mass is 10.1. The van der Waals surface area contributed by atoms with Crippen LogP contribution in [-0.4, -0.2) is 33.9 Å². The largest absolute Gasteiger partial charge is 0.493 e. The Balaban J connectivity index is 1.80. The van der Waals surface area contributed by atoms with Crippen LogP contribution in [0, 0.1) is 13.8 Å². The van der Waals surface area contributed by atoms with Gasteiger partial charge in [-0.3, -0.25) is 0 Å². The quantitative estimate of drug-likeness (QED) is 0.562. The fourth-order valence-electron chi connectivity index (χ4n) is 2.69. The first-order valence-electron chi connectivity index (χ1n) is 8.09. The van der Waals surface area contributed by atoms with Crippen LogP contribution in [-0.2, 0) is 5.75 Å². The van der Waals surface area contributed by atoms with Gasteiger partial charge in [-0.2, -0.15) is 13.5 Å². The molecule has 9 heteroatoms. The third-order valence-corrected chi connectivity index (χ3v) is 4.89. The Morgan fingerprint density at radius 1 is 1.11 bits per heavy atom. The SMILES string of the molecule is COc1cc(CSc2nnnn2-c2c(C)cccc2C)ccc1OC(F)F. The third-order valence-electron chi connectivity index (χ3n) is 3.90. The second-order valence-electron chi connectivity index (χ2n) is 5.77. The molecule has 0 aliphatic rings. The van der Waals surface area contributed by atoms with Crippen molar-refractivity contribution in [2.24, 2.45) is 0 Å². The van der Waals surface area contributed by atoms with Crippen LogP contribution in [0.15, 0.2) is 41.6 Å². The number of ether oxygens (including phenoxy) is 2. The summed E-state index contributed by atoms with van der Waals surface area (Å²) in [6.45, 7) is 1.11. The highest BCUT2D eigenvalue weighted by molar-refractivity contribution is 7.98. The minimum Gasteiger partial charge on any atom is -0.493 e. The number of benzene rings is 2. The first-order valence-corrected chi connectivity index (χ1v) is 9.07. The van der Waals surface area contributed by atoms with Gasteiger partial charge in [0.25, 0.3) is 0 Å². The highest BCUT2D eigenvalue weighted by Crippen LogP contribution is 2.32. The average molecular weight is 392 g/mol. The van der Waals surface area contributed by atoms with Crippen LogP contribution in [0.3, 0.4) is 0 Å². The summed E-state index contributed by atoms with van der Waals surface area (Å²) in [5.74, 6) is 0.792. The maximum absolute atomic E-state index is 12.4. The van der Waals surface area contributed by atoms with Gasteiger partial charge in [0.15, 0.2) is 11.5 Å². The van der Waals surface area contributed by atoms with E-state index in [4.69, 9.17) is 4.74 Å². The van der Waals surface area contributed by atoms with Crippen molar-refractivity contribution >= 4 is 11.8 Å². The van der Waals surface area contributed by atoms with Crippen molar-refractivity contribution in [3.8, 4) is 17.2 Å². The Kier molecular flexibility index (Phi) is 5.90. The van der Waals surface area contributed by atoms with Crippen LogP contribution in [0.5, 0.6) is 11.5 Å². The highest BCUT2D eigenvalue weighted by Gasteiger charge is 2.15. The van der Waals surface area contributed by atoms with Crippen LogP contribution in [0.2, 0.25) is 0 Å². The molecule has 2 aromatic carbocycles. The monoisotopic (exact) mass is 392 g/mol. The summed E-state index contributed by atoms with van der Waals surface area (Å²) in [4.78, 5) is 0. The van der Waals surface area contributed by atoms with E-state index in [0.29, 0.717) is 10.9 Å². The number of halogens is 2. The fraction of sp³-hybridized carbons (Fsp3) is 0.278. The van der Waals surface area contributed by atoms with Gasteiger partial charge in [0.2, 0.25) is 5.16 Å². The predicted octanol–water partition coefficient (Wildman–Crippen LogP) is 4.18. The molecule has 0 bridgehead atoms. The molecule has 0 unspecified atom stereocenters. The number of hydrogen-bond donors (Lipinski definition) is 0. The van der Waals surface area contributed by atoms with Gasteiger partial charge in [-0.15, -0.1) is 5.10 Å². The molecule has 1 heterocycles. The molecule has 3 rings (SSSR count). The number of aryl methyl sites for hydroxylation is 2. The molecule has 0 spiro atoms. The van der Waals surface area contributed by atoms with Crippen molar-refractivity contribution < 1.29 is 18.3 Å². The molecule has 27 heavy (non-hydrogen) atoms.